The van der Waals surface area contributed by atoms with E-state index in [4.69, 9.17) is 0 Å². The van der Waals surface area contributed by atoms with Gasteiger partial charge >= 0.3 is 7.12 Å². The normalized spacial score (nSPS) is 20.7. The summed E-state index contributed by atoms with van der Waals surface area (Å²) in [5.74, 6) is -0.158. The maximum atomic E-state index is 13.0. The Morgan fingerprint density at radius 2 is 2.00 bits per heavy atom. The predicted octanol–water partition coefficient (Wildman–Crippen LogP) is -0.246. The second-order valence-corrected chi connectivity index (χ2v) is 6.50. The fourth-order valence-corrected chi connectivity index (χ4v) is 3.66. The van der Waals surface area contributed by atoms with Crippen molar-refractivity contribution in [1.82, 2.24) is 9.80 Å². The maximum absolute atomic E-state index is 13.0. The number of aldehydes is 1. The van der Waals surface area contributed by atoms with Crippen molar-refractivity contribution in [3.05, 3.63) is 29.3 Å². The van der Waals surface area contributed by atoms with Crippen LogP contribution in [0.25, 0.3) is 0 Å². The van der Waals surface area contributed by atoms with E-state index >= 15 is 0 Å². The number of rotatable bonds is 3. The van der Waals surface area contributed by atoms with Crippen molar-refractivity contribution in [1.29, 1.82) is 0 Å². The molecule has 2 heterocycles. The lowest BCUT2D eigenvalue weighted by molar-refractivity contribution is -0.141. The molecule has 3 rings (SSSR count). The molecule has 0 saturated carbocycles. The third-order valence-corrected chi connectivity index (χ3v) is 4.97. The number of nitrogens with zero attached hydrogens (tertiary/aromatic N) is 2. The average Bonchev–Trinajstić information content (AvgIpc) is 2.87. The number of amides is 2. The summed E-state index contributed by atoms with van der Waals surface area (Å²) in [6, 6.07) is 4.24. The number of hydrogen-bond donors (Lipinski definition) is 2. The molecule has 2 aliphatic heterocycles. The summed E-state index contributed by atoms with van der Waals surface area (Å²) < 4.78 is 0. The van der Waals surface area contributed by atoms with Crippen LogP contribution in [0.5, 0.6) is 0 Å². The van der Waals surface area contributed by atoms with Gasteiger partial charge in [-0.25, -0.2) is 0 Å². The molecular formula is C17H21BN2O5. The van der Waals surface area contributed by atoms with E-state index in [0.717, 1.165) is 25.7 Å². The zero-order chi connectivity index (χ0) is 18.0. The highest BCUT2D eigenvalue weighted by molar-refractivity contribution is 6.60. The van der Waals surface area contributed by atoms with Crippen molar-refractivity contribution in [2.75, 3.05) is 13.1 Å². The third kappa shape index (κ3) is 3.45. The minimum atomic E-state index is -1.77. The van der Waals surface area contributed by atoms with Gasteiger partial charge < -0.3 is 19.8 Å². The summed E-state index contributed by atoms with van der Waals surface area (Å²) >= 11 is 0. The fraction of sp³-hybridized carbons (Fsp3) is 0.471. The molecule has 0 aliphatic carbocycles. The predicted molar refractivity (Wildman–Crippen MR) is 91.3 cm³/mol. The van der Waals surface area contributed by atoms with Crippen LogP contribution in [0.2, 0.25) is 0 Å². The van der Waals surface area contributed by atoms with Gasteiger partial charge in [0.05, 0.1) is 0 Å². The van der Waals surface area contributed by atoms with E-state index < -0.39 is 7.12 Å². The molecule has 2 aliphatic rings. The van der Waals surface area contributed by atoms with E-state index in [0.29, 0.717) is 31.4 Å². The van der Waals surface area contributed by atoms with Crippen LogP contribution in [-0.4, -0.2) is 64.3 Å². The zero-order valence-corrected chi connectivity index (χ0v) is 13.9. The van der Waals surface area contributed by atoms with Gasteiger partial charge in [-0.2, -0.15) is 0 Å². The Balaban J connectivity index is 1.89. The second kappa shape index (κ2) is 7.37. The first-order valence-electron chi connectivity index (χ1n) is 8.58. The van der Waals surface area contributed by atoms with Crippen LogP contribution in [0.4, 0.5) is 0 Å². The molecule has 2 amide bonds. The molecule has 2 saturated heterocycles. The molecule has 1 aromatic carbocycles. The van der Waals surface area contributed by atoms with Gasteiger partial charge in [-0.1, -0.05) is 12.5 Å². The van der Waals surface area contributed by atoms with Crippen LogP contribution in [-0.2, 0) is 4.79 Å². The molecule has 0 aromatic heterocycles. The number of carbonyl (C=O) groups is 3. The van der Waals surface area contributed by atoms with Gasteiger partial charge in [-0.15, -0.1) is 0 Å². The van der Waals surface area contributed by atoms with Gasteiger partial charge in [0, 0.05) is 30.6 Å². The minimum Gasteiger partial charge on any atom is -0.423 e. The van der Waals surface area contributed by atoms with E-state index in [2.05, 4.69) is 0 Å². The van der Waals surface area contributed by atoms with Gasteiger partial charge in [0.2, 0.25) is 5.91 Å². The molecule has 8 heteroatoms. The standard InChI is InChI=1S/C17H21BN2O5/c21-11-13-10-12(5-6-14(13)18(24)25)17(23)20-9-7-16(22)19-8-3-1-2-4-15(19)20/h5-6,10-11,15,24-25H,1-4,7-9H2. The van der Waals surface area contributed by atoms with Crippen LogP contribution in [0.1, 0.15) is 52.8 Å². The average molecular weight is 344 g/mol. The smallest absolute Gasteiger partial charge is 0.423 e. The Hall–Kier alpha value is -2.19. The maximum Gasteiger partial charge on any atom is 0.489 e. The van der Waals surface area contributed by atoms with Crippen LogP contribution >= 0.6 is 0 Å². The monoisotopic (exact) mass is 344 g/mol. The first-order chi connectivity index (χ1) is 12.0. The Labute approximate surface area is 146 Å². The summed E-state index contributed by atoms with van der Waals surface area (Å²) in [5.41, 5.74) is 0.452. The van der Waals surface area contributed by atoms with Crippen LogP contribution in [0, 0.1) is 0 Å². The van der Waals surface area contributed by atoms with Gasteiger partial charge in [-0.3, -0.25) is 14.4 Å². The van der Waals surface area contributed by atoms with Gasteiger partial charge in [0.25, 0.3) is 5.91 Å². The molecular weight excluding hydrogens is 323 g/mol. The first kappa shape index (κ1) is 17.6. The number of benzene rings is 1. The van der Waals surface area contributed by atoms with Crippen molar-refractivity contribution in [2.45, 2.75) is 38.3 Å². The number of fused-ring (bicyclic) bond motifs is 1. The number of hydrogen-bond acceptors (Lipinski definition) is 5. The summed E-state index contributed by atoms with van der Waals surface area (Å²) in [6.07, 6.45) is 4.28. The van der Waals surface area contributed by atoms with Gasteiger partial charge in [0.15, 0.2) is 0 Å². The fourth-order valence-electron chi connectivity index (χ4n) is 3.66. The summed E-state index contributed by atoms with van der Waals surface area (Å²) in [5, 5.41) is 18.6. The molecule has 7 nitrogen and oxygen atoms in total. The highest BCUT2D eigenvalue weighted by Gasteiger charge is 2.37. The largest absolute Gasteiger partial charge is 0.489 e. The molecule has 1 aromatic rings. The highest BCUT2D eigenvalue weighted by atomic mass is 16.4. The van der Waals surface area contributed by atoms with Crippen molar-refractivity contribution in [2.24, 2.45) is 0 Å². The molecule has 2 N–H and O–H groups in total. The molecule has 0 spiro atoms. The lowest BCUT2D eigenvalue weighted by Crippen LogP contribution is -2.57. The summed E-state index contributed by atoms with van der Waals surface area (Å²) in [7, 11) is -1.77. The van der Waals surface area contributed by atoms with Crippen molar-refractivity contribution in [3.63, 3.8) is 0 Å². The molecule has 0 radical (unpaired) electrons. The SMILES string of the molecule is O=Cc1cc(C(=O)N2CCC(=O)N3CCCCCC32)ccc1B(O)O. The molecule has 2 fully saturated rings. The Bertz CT molecular complexity index is 694. The lowest BCUT2D eigenvalue weighted by Gasteiger charge is -2.43. The molecule has 1 atom stereocenters. The lowest BCUT2D eigenvalue weighted by atomic mass is 9.76. The molecule has 132 valence electrons. The van der Waals surface area contributed by atoms with Crippen molar-refractivity contribution < 1.29 is 24.4 Å². The van der Waals surface area contributed by atoms with Crippen molar-refractivity contribution >= 4 is 30.7 Å². The Morgan fingerprint density at radius 1 is 1.20 bits per heavy atom. The quantitative estimate of drug-likeness (QED) is 0.582. The second-order valence-electron chi connectivity index (χ2n) is 6.50. The van der Waals surface area contributed by atoms with Crippen LogP contribution in [0.15, 0.2) is 18.2 Å². The number of carbonyl (C=O) groups excluding carboxylic acids is 3. The Kier molecular flexibility index (Phi) is 5.20. The van der Waals surface area contributed by atoms with Crippen molar-refractivity contribution in [3.8, 4) is 0 Å². The third-order valence-electron chi connectivity index (χ3n) is 4.97. The first-order valence-corrected chi connectivity index (χ1v) is 8.58. The van der Waals surface area contributed by atoms with Gasteiger partial charge in [-0.05, 0) is 36.9 Å². The highest BCUT2D eigenvalue weighted by Crippen LogP contribution is 2.26. The Morgan fingerprint density at radius 3 is 2.72 bits per heavy atom. The van der Waals surface area contributed by atoms with Crippen LogP contribution < -0.4 is 5.46 Å². The summed E-state index contributed by atoms with van der Waals surface area (Å²) in [6.45, 7) is 1.03. The van der Waals surface area contributed by atoms with Crippen LogP contribution in [0.3, 0.4) is 0 Å². The minimum absolute atomic E-state index is 0.0662. The molecule has 0 bridgehead atoms. The van der Waals surface area contributed by atoms with Gasteiger partial charge in [0.1, 0.15) is 12.5 Å². The molecule has 1 unspecified atom stereocenters. The van der Waals surface area contributed by atoms with E-state index in [-0.39, 0.29) is 29.0 Å². The van der Waals surface area contributed by atoms with E-state index in [1.807, 2.05) is 0 Å². The molecule has 25 heavy (non-hydrogen) atoms. The van der Waals surface area contributed by atoms with E-state index in [9.17, 15) is 24.4 Å². The van der Waals surface area contributed by atoms with E-state index in [1.165, 1.54) is 18.2 Å². The topological polar surface area (TPSA) is 98.2 Å². The summed E-state index contributed by atoms with van der Waals surface area (Å²) in [4.78, 5) is 39.9. The zero-order valence-electron chi connectivity index (χ0n) is 13.9. The van der Waals surface area contributed by atoms with E-state index in [1.54, 1.807) is 9.80 Å².